The van der Waals surface area contributed by atoms with Crippen LogP contribution in [0.15, 0.2) is 0 Å². The highest BCUT2D eigenvalue weighted by molar-refractivity contribution is 5.00. The van der Waals surface area contributed by atoms with Gasteiger partial charge in [-0.15, -0.1) is 0 Å². The van der Waals surface area contributed by atoms with E-state index < -0.39 is 5.60 Å². The Morgan fingerprint density at radius 3 is 2.85 bits per heavy atom. The van der Waals surface area contributed by atoms with Crippen molar-refractivity contribution in [2.75, 3.05) is 7.11 Å². The molecule has 76 valence electrons. The molecule has 2 fully saturated rings. The monoisotopic (exact) mass is 184 g/mol. The fourth-order valence-electron chi connectivity index (χ4n) is 3.42. The molecule has 0 saturated heterocycles. The molecule has 2 saturated carbocycles. The molecule has 3 atom stereocenters. The Bertz CT molecular complexity index is 200. The topological polar surface area (TPSA) is 29.5 Å². The Hall–Kier alpha value is -0.0800. The first-order valence-corrected chi connectivity index (χ1v) is 5.33. The summed E-state index contributed by atoms with van der Waals surface area (Å²) in [6.07, 6.45) is 6.65. The third kappa shape index (κ3) is 1.75. The van der Waals surface area contributed by atoms with Crippen LogP contribution >= 0.6 is 0 Å². The molecule has 0 aromatic carbocycles. The smallest absolute Gasteiger partial charge is 0.0708 e. The SMILES string of the molecule is COC12CCCC(CC(C)(O)C1)C2. The third-order valence-electron chi connectivity index (χ3n) is 3.77. The molecule has 0 radical (unpaired) electrons. The fourth-order valence-corrected chi connectivity index (χ4v) is 3.42. The lowest BCUT2D eigenvalue weighted by Gasteiger charge is -2.49. The van der Waals surface area contributed by atoms with Gasteiger partial charge in [-0.3, -0.25) is 0 Å². The molecule has 3 unspecified atom stereocenters. The molecule has 0 amide bonds. The van der Waals surface area contributed by atoms with Crippen LogP contribution < -0.4 is 0 Å². The zero-order chi connectivity index (χ0) is 9.53. The molecule has 2 rings (SSSR count). The summed E-state index contributed by atoms with van der Waals surface area (Å²) in [5, 5.41) is 10.1. The van der Waals surface area contributed by atoms with Crippen molar-refractivity contribution in [1.82, 2.24) is 0 Å². The summed E-state index contributed by atoms with van der Waals surface area (Å²) in [5.74, 6) is 0.692. The van der Waals surface area contributed by atoms with E-state index in [1.807, 2.05) is 6.92 Å². The second-order valence-corrected chi connectivity index (χ2v) is 5.23. The van der Waals surface area contributed by atoms with Gasteiger partial charge in [0, 0.05) is 13.5 Å². The van der Waals surface area contributed by atoms with Crippen molar-refractivity contribution >= 4 is 0 Å². The van der Waals surface area contributed by atoms with E-state index >= 15 is 0 Å². The van der Waals surface area contributed by atoms with Crippen LogP contribution in [0, 0.1) is 5.92 Å². The highest BCUT2D eigenvalue weighted by atomic mass is 16.5. The van der Waals surface area contributed by atoms with Crippen LogP contribution in [0.1, 0.15) is 45.4 Å². The predicted molar refractivity (Wildman–Crippen MR) is 51.6 cm³/mol. The summed E-state index contributed by atoms with van der Waals surface area (Å²) in [6.45, 7) is 1.96. The van der Waals surface area contributed by atoms with Crippen LogP contribution in [-0.2, 0) is 4.74 Å². The lowest BCUT2D eigenvalue weighted by Crippen LogP contribution is -2.50. The van der Waals surface area contributed by atoms with Crippen molar-refractivity contribution in [3.05, 3.63) is 0 Å². The lowest BCUT2D eigenvalue weighted by molar-refractivity contribution is -0.148. The maximum absolute atomic E-state index is 10.1. The second-order valence-electron chi connectivity index (χ2n) is 5.23. The minimum absolute atomic E-state index is 0.00463. The average Bonchev–Trinajstić information content (AvgIpc) is 2.01. The number of hydrogen-bond acceptors (Lipinski definition) is 2. The highest BCUT2D eigenvalue weighted by Gasteiger charge is 2.47. The summed E-state index contributed by atoms with van der Waals surface area (Å²) in [4.78, 5) is 0. The van der Waals surface area contributed by atoms with E-state index in [1.54, 1.807) is 7.11 Å². The largest absolute Gasteiger partial charge is 0.390 e. The van der Waals surface area contributed by atoms with Gasteiger partial charge in [0.2, 0.25) is 0 Å². The number of rotatable bonds is 1. The first-order valence-electron chi connectivity index (χ1n) is 5.33. The summed E-state index contributed by atoms with van der Waals surface area (Å²) in [7, 11) is 1.80. The molecule has 1 N–H and O–H groups in total. The van der Waals surface area contributed by atoms with Crippen LogP contribution in [0.5, 0.6) is 0 Å². The van der Waals surface area contributed by atoms with Gasteiger partial charge in [0.25, 0.3) is 0 Å². The van der Waals surface area contributed by atoms with Crippen LogP contribution in [0.4, 0.5) is 0 Å². The minimum Gasteiger partial charge on any atom is -0.390 e. The molecule has 0 spiro atoms. The highest BCUT2D eigenvalue weighted by Crippen LogP contribution is 2.48. The van der Waals surface area contributed by atoms with E-state index in [1.165, 1.54) is 19.3 Å². The Morgan fingerprint density at radius 2 is 2.15 bits per heavy atom. The lowest BCUT2D eigenvalue weighted by atomic mass is 9.64. The standard InChI is InChI=1S/C11H20O2/c1-10(12)6-9-4-3-5-11(7-9,8-10)13-2/h9,12H,3-8H2,1-2H3. The second kappa shape index (κ2) is 2.96. The predicted octanol–water partition coefficient (Wildman–Crippen LogP) is 2.11. The molecular formula is C11H20O2. The van der Waals surface area contributed by atoms with Gasteiger partial charge < -0.3 is 9.84 Å². The number of ether oxygens (including phenoxy) is 1. The normalized spacial score (nSPS) is 50.5. The maximum Gasteiger partial charge on any atom is 0.0708 e. The first kappa shape index (κ1) is 9.47. The summed E-state index contributed by atoms with van der Waals surface area (Å²) in [6, 6.07) is 0. The molecule has 2 aliphatic carbocycles. The molecule has 0 aromatic heterocycles. The van der Waals surface area contributed by atoms with Crippen LogP contribution in [0.25, 0.3) is 0 Å². The Morgan fingerprint density at radius 1 is 1.38 bits per heavy atom. The van der Waals surface area contributed by atoms with Gasteiger partial charge in [-0.2, -0.15) is 0 Å². The van der Waals surface area contributed by atoms with E-state index in [9.17, 15) is 5.11 Å². The van der Waals surface area contributed by atoms with Crippen molar-refractivity contribution in [2.45, 2.75) is 56.7 Å². The number of fused-ring (bicyclic) bond motifs is 2. The van der Waals surface area contributed by atoms with Crippen molar-refractivity contribution in [3.63, 3.8) is 0 Å². The molecule has 0 aromatic rings. The van der Waals surface area contributed by atoms with Crippen molar-refractivity contribution in [2.24, 2.45) is 5.92 Å². The van der Waals surface area contributed by atoms with Gasteiger partial charge in [-0.25, -0.2) is 0 Å². The molecule has 2 aliphatic rings. The summed E-state index contributed by atoms with van der Waals surface area (Å²) in [5.41, 5.74) is -0.482. The van der Waals surface area contributed by atoms with Gasteiger partial charge in [0.1, 0.15) is 0 Å². The van der Waals surface area contributed by atoms with E-state index in [0.717, 1.165) is 19.3 Å². The van der Waals surface area contributed by atoms with Crippen molar-refractivity contribution < 1.29 is 9.84 Å². The molecule has 13 heavy (non-hydrogen) atoms. The van der Waals surface area contributed by atoms with E-state index in [4.69, 9.17) is 4.74 Å². The maximum atomic E-state index is 10.1. The molecule has 2 heteroatoms. The molecule has 0 aliphatic heterocycles. The zero-order valence-corrected chi connectivity index (χ0v) is 8.68. The third-order valence-corrected chi connectivity index (χ3v) is 3.77. The average molecular weight is 184 g/mol. The van der Waals surface area contributed by atoms with Gasteiger partial charge in [0.05, 0.1) is 11.2 Å². The van der Waals surface area contributed by atoms with Gasteiger partial charge >= 0.3 is 0 Å². The number of aliphatic hydroxyl groups is 1. The van der Waals surface area contributed by atoms with Gasteiger partial charge in [0.15, 0.2) is 0 Å². The fraction of sp³-hybridized carbons (Fsp3) is 1.00. The van der Waals surface area contributed by atoms with E-state index in [2.05, 4.69) is 0 Å². The van der Waals surface area contributed by atoms with Gasteiger partial charge in [-0.05, 0) is 32.1 Å². The molecular weight excluding hydrogens is 164 g/mol. The van der Waals surface area contributed by atoms with Crippen LogP contribution in [-0.4, -0.2) is 23.4 Å². The number of hydrogen-bond donors (Lipinski definition) is 1. The first-order chi connectivity index (χ1) is 6.05. The Labute approximate surface area is 80.3 Å². The summed E-state index contributed by atoms with van der Waals surface area (Å²) < 4.78 is 5.63. The van der Waals surface area contributed by atoms with Crippen LogP contribution in [0.2, 0.25) is 0 Å². The Balaban J connectivity index is 2.17. The van der Waals surface area contributed by atoms with E-state index in [0.29, 0.717) is 5.92 Å². The van der Waals surface area contributed by atoms with Crippen molar-refractivity contribution in [1.29, 1.82) is 0 Å². The van der Waals surface area contributed by atoms with Crippen molar-refractivity contribution in [3.8, 4) is 0 Å². The van der Waals surface area contributed by atoms with Gasteiger partial charge in [-0.1, -0.05) is 12.8 Å². The minimum atomic E-state index is -0.487. The summed E-state index contributed by atoms with van der Waals surface area (Å²) >= 11 is 0. The molecule has 2 nitrogen and oxygen atoms in total. The molecule has 2 bridgehead atoms. The molecule has 0 heterocycles. The Kier molecular flexibility index (Phi) is 2.16. The zero-order valence-electron chi connectivity index (χ0n) is 8.68. The quantitative estimate of drug-likeness (QED) is 0.676. The van der Waals surface area contributed by atoms with E-state index in [-0.39, 0.29) is 5.60 Å². The number of methoxy groups -OCH3 is 1. The van der Waals surface area contributed by atoms with Crippen LogP contribution in [0.3, 0.4) is 0 Å².